The van der Waals surface area contributed by atoms with Gasteiger partial charge in [0, 0.05) is 69.4 Å². The minimum absolute atomic E-state index is 0.000316. The number of nitrogens with one attached hydrogen (secondary N) is 2. The molecule has 0 unspecified atom stereocenters. The van der Waals surface area contributed by atoms with E-state index in [1.54, 1.807) is 4.90 Å². The predicted molar refractivity (Wildman–Crippen MR) is 166 cm³/mol. The molecule has 5 rings (SSSR count). The zero-order valence-electron chi connectivity index (χ0n) is 25.8. The number of aryl methyl sites for hydroxylation is 1. The lowest BCUT2D eigenvalue weighted by Gasteiger charge is -2.43. The molecule has 4 heterocycles. The van der Waals surface area contributed by atoms with Gasteiger partial charge in [0.15, 0.2) is 0 Å². The number of rotatable bonds is 10. The van der Waals surface area contributed by atoms with Crippen LogP contribution in [0.2, 0.25) is 0 Å². The molecule has 2 aromatic rings. The molecular formula is C31H45F3N8O2. The van der Waals surface area contributed by atoms with Crippen LogP contribution in [0.4, 0.5) is 36.3 Å². The number of halogens is 3. The van der Waals surface area contributed by atoms with Crippen LogP contribution in [0.15, 0.2) is 24.4 Å². The van der Waals surface area contributed by atoms with Crippen LogP contribution in [0.3, 0.4) is 0 Å². The van der Waals surface area contributed by atoms with Gasteiger partial charge in [0.05, 0.1) is 19.6 Å². The highest BCUT2D eigenvalue weighted by atomic mass is 19.4. The van der Waals surface area contributed by atoms with Crippen molar-refractivity contribution >= 4 is 29.0 Å². The molecule has 0 spiro atoms. The molecule has 0 bridgehead atoms. The van der Waals surface area contributed by atoms with E-state index in [0.717, 1.165) is 68.8 Å². The fraction of sp³-hybridized carbons (Fsp3) is 0.645. The number of nitrogens with zero attached hydrogens (tertiary/aromatic N) is 6. The second kappa shape index (κ2) is 14.7. The number of carbonyl (C=O) groups excluding carboxylic acids is 1. The molecule has 3 saturated heterocycles. The number of hydrogen-bond donors (Lipinski definition) is 2. The topological polar surface area (TPSA) is 89.1 Å². The van der Waals surface area contributed by atoms with E-state index in [-0.39, 0.29) is 24.2 Å². The number of likely N-dealkylation sites (tertiary alicyclic amines) is 1. The Kier molecular flexibility index (Phi) is 10.8. The standard InChI is InChI=1S/C31H45F3N8O2/c1-3-23-21-25(41-16-14-40(15-17-41)24-7-12-39(2)13-8-24)5-6-27(23)37-30-36-22-26(31(32,33)34)29(38-30)35-10-4-11-42-18-20-44-19-9-28(42)43/h5-6,21-22,24H,3-4,7-20H2,1-2H3,(H2,35,36,37,38). The van der Waals surface area contributed by atoms with E-state index in [1.165, 1.54) is 12.8 Å². The zero-order valence-corrected chi connectivity index (χ0v) is 25.8. The van der Waals surface area contributed by atoms with Crippen molar-refractivity contribution in [3.63, 3.8) is 0 Å². The van der Waals surface area contributed by atoms with Crippen molar-refractivity contribution < 1.29 is 22.7 Å². The highest BCUT2D eigenvalue weighted by Crippen LogP contribution is 2.35. The van der Waals surface area contributed by atoms with E-state index in [2.05, 4.69) is 61.4 Å². The number of alkyl halides is 3. The van der Waals surface area contributed by atoms with Crippen LogP contribution in [0.25, 0.3) is 0 Å². The van der Waals surface area contributed by atoms with Crippen molar-refractivity contribution in [2.45, 2.75) is 51.2 Å². The molecular weight excluding hydrogens is 573 g/mol. The molecule has 44 heavy (non-hydrogen) atoms. The van der Waals surface area contributed by atoms with E-state index in [0.29, 0.717) is 45.2 Å². The van der Waals surface area contributed by atoms with Gasteiger partial charge in [-0.1, -0.05) is 6.92 Å². The van der Waals surface area contributed by atoms with E-state index >= 15 is 0 Å². The maximum absolute atomic E-state index is 13.8. The lowest BCUT2D eigenvalue weighted by molar-refractivity contribution is -0.137. The Hall–Kier alpha value is -3.16. The quantitative estimate of drug-likeness (QED) is 0.383. The highest BCUT2D eigenvalue weighted by Gasteiger charge is 2.35. The summed E-state index contributed by atoms with van der Waals surface area (Å²) in [5.74, 6) is -0.188. The molecule has 242 valence electrons. The molecule has 3 fully saturated rings. The number of piperidine rings is 1. The Balaban J connectivity index is 1.21. The first-order valence-corrected chi connectivity index (χ1v) is 15.8. The summed E-state index contributed by atoms with van der Waals surface area (Å²) in [6, 6.07) is 6.86. The average Bonchev–Trinajstić information content (AvgIpc) is 3.23. The van der Waals surface area contributed by atoms with Gasteiger partial charge in [-0.15, -0.1) is 0 Å². The number of aromatic nitrogens is 2. The van der Waals surface area contributed by atoms with Crippen LogP contribution in [-0.2, 0) is 22.1 Å². The lowest BCUT2D eigenvalue weighted by Crippen LogP contribution is -2.53. The first-order chi connectivity index (χ1) is 21.2. The molecule has 2 N–H and O–H groups in total. The number of ether oxygens (including phenoxy) is 1. The summed E-state index contributed by atoms with van der Waals surface area (Å²) in [6.45, 7) is 10.4. The molecule has 1 amide bonds. The van der Waals surface area contributed by atoms with Gasteiger partial charge in [-0.3, -0.25) is 9.69 Å². The van der Waals surface area contributed by atoms with Gasteiger partial charge in [-0.05, 0) is 69.6 Å². The van der Waals surface area contributed by atoms with Gasteiger partial charge < -0.3 is 30.1 Å². The molecule has 0 saturated carbocycles. The molecule has 13 heteroatoms. The Morgan fingerprint density at radius 2 is 1.82 bits per heavy atom. The number of amides is 1. The third-order valence-electron chi connectivity index (χ3n) is 8.91. The SMILES string of the molecule is CCc1cc(N2CCN(C3CCN(C)CC3)CC2)ccc1Nc1ncc(C(F)(F)F)c(NCCCN2CCOCCC2=O)n1. The van der Waals surface area contributed by atoms with Gasteiger partial charge in [-0.25, -0.2) is 4.98 Å². The maximum atomic E-state index is 13.8. The lowest BCUT2D eigenvalue weighted by atomic mass is 10.0. The second-order valence-corrected chi connectivity index (χ2v) is 11.9. The normalized spacial score (nSPS) is 19.7. The van der Waals surface area contributed by atoms with Crippen molar-refractivity contribution in [3.05, 3.63) is 35.5 Å². The molecule has 1 aromatic carbocycles. The highest BCUT2D eigenvalue weighted by molar-refractivity contribution is 5.76. The summed E-state index contributed by atoms with van der Waals surface area (Å²) < 4.78 is 46.7. The summed E-state index contributed by atoms with van der Waals surface area (Å²) in [4.78, 5) is 29.5. The van der Waals surface area contributed by atoms with E-state index in [9.17, 15) is 18.0 Å². The minimum Gasteiger partial charge on any atom is -0.379 e. The smallest absolute Gasteiger partial charge is 0.379 e. The predicted octanol–water partition coefficient (Wildman–Crippen LogP) is 4.07. The average molecular weight is 619 g/mol. The fourth-order valence-electron chi connectivity index (χ4n) is 6.23. The van der Waals surface area contributed by atoms with Gasteiger partial charge in [-0.2, -0.15) is 18.2 Å². The van der Waals surface area contributed by atoms with Gasteiger partial charge in [0.2, 0.25) is 11.9 Å². The summed E-state index contributed by atoms with van der Waals surface area (Å²) >= 11 is 0. The van der Waals surface area contributed by atoms with Crippen LogP contribution < -0.4 is 15.5 Å². The number of hydrogen-bond acceptors (Lipinski definition) is 9. The van der Waals surface area contributed by atoms with Gasteiger partial charge in [0.1, 0.15) is 11.4 Å². The van der Waals surface area contributed by atoms with Crippen LogP contribution in [0.1, 0.15) is 43.7 Å². The summed E-state index contributed by atoms with van der Waals surface area (Å²) in [7, 11) is 2.19. The van der Waals surface area contributed by atoms with Crippen LogP contribution in [-0.4, -0.2) is 116 Å². The summed E-state index contributed by atoms with van der Waals surface area (Å²) in [5, 5.41) is 5.99. The Morgan fingerprint density at radius 3 is 2.55 bits per heavy atom. The van der Waals surface area contributed by atoms with Crippen molar-refractivity contribution in [2.24, 2.45) is 0 Å². The molecule has 0 aliphatic carbocycles. The molecule has 3 aliphatic rings. The third-order valence-corrected chi connectivity index (χ3v) is 8.91. The minimum atomic E-state index is -4.60. The first-order valence-electron chi connectivity index (χ1n) is 15.8. The number of carbonyl (C=O) groups is 1. The molecule has 3 aliphatic heterocycles. The van der Waals surface area contributed by atoms with Crippen LogP contribution in [0, 0.1) is 0 Å². The van der Waals surface area contributed by atoms with E-state index in [4.69, 9.17) is 4.74 Å². The first kappa shape index (κ1) is 32.2. The molecule has 10 nitrogen and oxygen atoms in total. The Morgan fingerprint density at radius 1 is 1.05 bits per heavy atom. The number of anilines is 4. The second-order valence-electron chi connectivity index (χ2n) is 11.9. The van der Waals surface area contributed by atoms with Gasteiger partial charge >= 0.3 is 6.18 Å². The van der Waals surface area contributed by atoms with Crippen LogP contribution in [0.5, 0.6) is 0 Å². The summed E-state index contributed by atoms with van der Waals surface area (Å²) in [6.07, 6.45) is 0.221. The fourth-order valence-corrected chi connectivity index (χ4v) is 6.23. The zero-order chi connectivity index (χ0) is 31.1. The van der Waals surface area contributed by atoms with E-state index in [1.807, 2.05) is 6.07 Å². The molecule has 0 radical (unpaired) electrons. The van der Waals surface area contributed by atoms with Crippen molar-refractivity contribution in [2.75, 3.05) is 94.7 Å². The van der Waals surface area contributed by atoms with Crippen molar-refractivity contribution in [3.8, 4) is 0 Å². The Labute approximate surface area is 257 Å². The van der Waals surface area contributed by atoms with Crippen molar-refractivity contribution in [1.29, 1.82) is 0 Å². The number of benzene rings is 1. The van der Waals surface area contributed by atoms with Crippen LogP contribution >= 0.6 is 0 Å². The summed E-state index contributed by atoms with van der Waals surface area (Å²) in [5.41, 5.74) is 2.05. The molecule has 1 aromatic heterocycles. The molecule has 0 atom stereocenters. The van der Waals surface area contributed by atoms with E-state index < -0.39 is 11.7 Å². The largest absolute Gasteiger partial charge is 0.421 e. The monoisotopic (exact) mass is 618 g/mol. The number of piperazine rings is 1. The third kappa shape index (κ3) is 8.30. The van der Waals surface area contributed by atoms with Crippen molar-refractivity contribution in [1.82, 2.24) is 24.7 Å². The maximum Gasteiger partial charge on any atom is 0.421 e. The van der Waals surface area contributed by atoms with Gasteiger partial charge in [0.25, 0.3) is 0 Å². The Bertz CT molecular complexity index is 1250.